The molecule has 0 aromatic carbocycles. The Morgan fingerprint density at radius 1 is 0.926 bits per heavy atom. The summed E-state index contributed by atoms with van der Waals surface area (Å²) in [5.41, 5.74) is 0. The fourth-order valence-electron chi connectivity index (χ4n) is 2.20. The smallest absolute Gasteiger partial charge is 0.308 e. The van der Waals surface area contributed by atoms with Crippen molar-refractivity contribution >= 4 is 23.6 Å². The Bertz CT molecular complexity index is 502. The van der Waals surface area contributed by atoms with Crippen molar-refractivity contribution in [2.75, 3.05) is 13.2 Å². The van der Waals surface area contributed by atoms with E-state index in [9.17, 15) is 19.2 Å². The summed E-state index contributed by atoms with van der Waals surface area (Å²) >= 11 is 0. The average molecular weight is 387 g/mol. The number of carbonyl (C=O) groups is 4. The molecule has 0 aliphatic carbocycles. The summed E-state index contributed by atoms with van der Waals surface area (Å²) in [6.07, 6.45) is -0.00461. The molecule has 0 radical (unpaired) electrons. The number of carbonyl (C=O) groups excluding carboxylic acids is 3. The van der Waals surface area contributed by atoms with Crippen LogP contribution in [0.15, 0.2) is 0 Å². The van der Waals surface area contributed by atoms with Crippen molar-refractivity contribution < 1.29 is 33.8 Å². The van der Waals surface area contributed by atoms with Gasteiger partial charge in [-0.3, -0.25) is 19.2 Å². The number of carboxylic acids is 1. The lowest BCUT2D eigenvalue weighted by molar-refractivity contribution is -0.153. The summed E-state index contributed by atoms with van der Waals surface area (Å²) in [6.45, 7) is 9.07. The highest BCUT2D eigenvalue weighted by Gasteiger charge is 2.30. The van der Waals surface area contributed by atoms with E-state index in [0.717, 1.165) is 0 Å². The van der Waals surface area contributed by atoms with Crippen LogP contribution in [0, 0.1) is 11.8 Å². The molecule has 1 unspecified atom stereocenters. The van der Waals surface area contributed by atoms with E-state index in [4.69, 9.17) is 14.6 Å². The summed E-state index contributed by atoms with van der Waals surface area (Å²) in [5, 5.41) is 11.2. The van der Waals surface area contributed by atoms with Gasteiger partial charge in [-0.05, 0) is 19.3 Å². The summed E-state index contributed by atoms with van der Waals surface area (Å²) in [7, 11) is 0. The molecule has 0 fully saturated rings. The van der Waals surface area contributed by atoms with Crippen LogP contribution in [0.4, 0.5) is 0 Å². The molecule has 0 heterocycles. The van der Waals surface area contributed by atoms with Gasteiger partial charge in [-0.2, -0.15) is 0 Å². The van der Waals surface area contributed by atoms with Crippen molar-refractivity contribution in [1.82, 2.24) is 5.32 Å². The average Bonchev–Trinajstić information content (AvgIpc) is 2.56. The first kappa shape index (κ1) is 25.0. The number of hydrogen-bond donors (Lipinski definition) is 2. The van der Waals surface area contributed by atoms with Crippen molar-refractivity contribution in [2.45, 2.75) is 72.4 Å². The standard InChI is InChI=1S/C19H33NO7/c1-12(2)6-7-15(21)20-18(19(25)13(3)4)14(5)27-17(24)9-11-26-10-8-16(22)23/h12-14,18H,6-11H2,1-5H3,(H,20,21)(H,22,23)/t14?,18-/m0/s1. The molecule has 2 atom stereocenters. The van der Waals surface area contributed by atoms with Gasteiger partial charge in [-0.15, -0.1) is 0 Å². The van der Waals surface area contributed by atoms with Crippen molar-refractivity contribution in [2.24, 2.45) is 11.8 Å². The van der Waals surface area contributed by atoms with Crippen LogP contribution in [0.5, 0.6) is 0 Å². The van der Waals surface area contributed by atoms with Crippen LogP contribution in [0.2, 0.25) is 0 Å². The molecule has 0 aliphatic heterocycles. The highest BCUT2D eigenvalue weighted by atomic mass is 16.5. The number of rotatable bonds is 14. The molecule has 1 amide bonds. The molecule has 27 heavy (non-hydrogen) atoms. The third-order valence-electron chi connectivity index (χ3n) is 3.84. The van der Waals surface area contributed by atoms with Gasteiger partial charge in [-0.1, -0.05) is 27.7 Å². The maximum Gasteiger partial charge on any atom is 0.308 e. The van der Waals surface area contributed by atoms with Crippen LogP contribution in [0.3, 0.4) is 0 Å². The van der Waals surface area contributed by atoms with E-state index in [-0.39, 0.29) is 43.7 Å². The van der Waals surface area contributed by atoms with Gasteiger partial charge < -0.3 is 19.9 Å². The fourth-order valence-corrected chi connectivity index (χ4v) is 2.20. The highest BCUT2D eigenvalue weighted by molar-refractivity contribution is 5.91. The Hall–Kier alpha value is -1.96. The molecule has 8 heteroatoms. The molecule has 156 valence electrons. The zero-order chi connectivity index (χ0) is 21.0. The number of ether oxygens (including phenoxy) is 2. The van der Waals surface area contributed by atoms with Gasteiger partial charge in [0, 0.05) is 12.3 Å². The van der Waals surface area contributed by atoms with E-state index in [1.54, 1.807) is 20.8 Å². The fraction of sp³-hybridized carbons (Fsp3) is 0.789. The second-order valence-corrected chi connectivity index (χ2v) is 7.24. The van der Waals surface area contributed by atoms with E-state index in [0.29, 0.717) is 18.8 Å². The van der Waals surface area contributed by atoms with Crippen molar-refractivity contribution in [3.63, 3.8) is 0 Å². The number of aliphatic carboxylic acids is 1. The van der Waals surface area contributed by atoms with Gasteiger partial charge >= 0.3 is 11.9 Å². The molecule has 0 saturated carbocycles. The van der Waals surface area contributed by atoms with Crippen LogP contribution in [-0.2, 0) is 28.7 Å². The number of amides is 1. The predicted octanol–water partition coefficient (Wildman–Crippen LogP) is 1.95. The Morgan fingerprint density at radius 2 is 1.52 bits per heavy atom. The number of carboxylic acid groups (broad SMARTS) is 1. The maximum absolute atomic E-state index is 12.4. The molecule has 0 spiro atoms. The molecular weight excluding hydrogens is 354 g/mol. The Kier molecular flexibility index (Phi) is 12.3. The number of Topliss-reactive ketones (excluding diaryl/α,β-unsaturated/α-hetero) is 1. The van der Waals surface area contributed by atoms with Crippen LogP contribution in [0.25, 0.3) is 0 Å². The first-order valence-electron chi connectivity index (χ1n) is 9.36. The molecule has 0 aromatic rings. The Morgan fingerprint density at radius 3 is 2.04 bits per heavy atom. The topological polar surface area (TPSA) is 119 Å². The minimum Gasteiger partial charge on any atom is -0.481 e. The monoisotopic (exact) mass is 387 g/mol. The minimum absolute atomic E-state index is 0.0124. The number of nitrogens with one attached hydrogen (secondary N) is 1. The molecule has 0 saturated heterocycles. The van der Waals surface area contributed by atoms with Crippen LogP contribution >= 0.6 is 0 Å². The van der Waals surface area contributed by atoms with Crippen molar-refractivity contribution in [1.29, 1.82) is 0 Å². The van der Waals surface area contributed by atoms with E-state index < -0.39 is 24.1 Å². The number of ketones is 1. The third-order valence-corrected chi connectivity index (χ3v) is 3.84. The first-order valence-corrected chi connectivity index (χ1v) is 9.36. The van der Waals surface area contributed by atoms with Gasteiger partial charge in [0.1, 0.15) is 12.1 Å². The third kappa shape index (κ3) is 12.1. The normalized spacial score (nSPS) is 13.3. The van der Waals surface area contributed by atoms with E-state index in [1.165, 1.54) is 0 Å². The van der Waals surface area contributed by atoms with Gasteiger partial charge in [0.15, 0.2) is 5.78 Å². The second-order valence-electron chi connectivity index (χ2n) is 7.24. The van der Waals surface area contributed by atoms with Gasteiger partial charge in [0.25, 0.3) is 0 Å². The minimum atomic E-state index is -0.977. The Balaban J connectivity index is 4.59. The number of hydrogen-bond acceptors (Lipinski definition) is 6. The first-order chi connectivity index (χ1) is 12.5. The van der Waals surface area contributed by atoms with E-state index >= 15 is 0 Å². The molecule has 0 aliphatic rings. The van der Waals surface area contributed by atoms with Gasteiger partial charge in [0.2, 0.25) is 5.91 Å². The second kappa shape index (κ2) is 13.2. The van der Waals surface area contributed by atoms with Crippen LogP contribution in [-0.4, -0.2) is 54.1 Å². The van der Waals surface area contributed by atoms with E-state index in [1.807, 2.05) is 13.8 Å². The number of esters is 1. The molecule has 0 aromatic heterocycles. The van der Waals surface area contributed by atoms with Crippen LogP contribution < -0.4 is 5.32 Å². The van der Waals surface area contributed by atoms with Gasteiger partial charge in [0.05, 0.1) is 26.1 Å². The quantitative estimate of drug-likeness (QED) is 0.345. The molecule has 0 bridgehead atoms. The predicted molar refractivity (Wildman–Crippen MR) is 99.1 cm³/mol. The summed E-state index contributed by atoms with van der Waals surface area (Å²) in [5.74, 6) is -1.95. The summed E-state index contributed by atoms with van der Waals surface area (Å²) in [6, 6.07) is -0.901. The molecular formula is C19H33NO7. The molecule has 2 N–H and O–H groups in total. The zero-order valence-corrected chi connectivity index (χ0v) is 16.9. The van der Waals surface area contributed by atoms with Gasteiger partial charge in [-0.25, -0.2) is 0 Å². The molecule has 0 rings (SSSR count). The van der Waals surface area contributed by atoms with Crippen molar-refractivity contribution in [3.05, 3.63) is 0 Å². The lowest BCUT2D eigenvalue weighted by Crippen LogP contribution is -2.50. The zero-order valence-electron chi connectivity index (χ0n) is 16.9. The lowest BCUT2D eigenvalue weighted by atomic mass is 9.97. The maximum atomic E-state index is 12.4. The van der Waals surface area contributed by atoms with Crippen molar-refractivity contribution in [3.8, 4) is 0 Å². The van der Waals surface area contributed by atoms with Crippen LogP contribution in [0.1, 0.15) is 60.3 Å². The highest BCUT2D eigenvalue weighted by Crippen LogP contribution is 2.10. The van der Waals surface area contributed by atoms with E-state index in [2.05, 4.69) is 5.32 Å². The SMILES string of the molecule is CC(C)CCC(=O)N[C@H](C(=O)C(C)C)C(C)OC(=O)CCOCCC(=O)O. The largest absolute Gasteiger partial charge is 0.481 e. The Labute approximate surface area is 161 Å². The summed E-state index contributed by atoms with van der Waals surface area (Å²) in [4.78, 5) is 46.8. The summed E-state index contributed by atoms with van der Waals surface area (Å²) < 4.78 is 10.3. The molecule has 8 nitrogen and oxygen atoms in total. The lowest BCUT2D eigenvalue weighted by Gasteiger charge is -2.25.